The largest absolute Gasteiger partial charge is 2.00 e. The Morgan fingerprint density at radius 2 is 0.657 bits per heavy atom. The molecule has 5 N–H and O–H groups in total. The molecule has 32 heteroatoms. The first-order valence-corrected chi connectivity index (χ1v) is 32.5. The van der Waals surface area contributed by atoms with E-state index in [-0.39, 0.29) is 133 Å². The summed E-state index contributed by atoms with van der Waals surface area (Å²) in [6, 6.07) is 0. The number of ether oxygens (including phenoxy) is 8. The van der Waals surface area contributed by atoms with Crippen molar-refractivity contribution in [3.63, 3.8) is 0 Å². The third-order valence-corrected chi connectivity index (χ3v) is 13.9. The summed E-state index contributed by atoms with van der Waals surface area (Å²) in [6.45, 7) is 39.6. The number of imidazole rings is 5. The van der Waals surface area contributed by atoms with Gasteiger partial charge in [0.1, 0.15) is 40.3 Å². The molecule has 0 saturated carbocycles. The molecule has 0 radical (unpaired) electrons. The van der Waals surface area contributed by atoms with Crippen LogP contribution in [0.4, 0.5) is 0 Å². The third-order valence-electron chi connectivity index (χ3n) is 13.9. The van der Waals surface area contributed by atoms with Crippen LogP contribution in [-0.4, -0.2) is 149 Å². The summed E-state index contributed by atoms with van der Waals surface area (Å²) in [5, 5.41) is 0. The van der Waals surface area contributed by atoms with E-state index in [0.29, 0.717) is 83.3 Å². The number of carbonyl (C=O) groups excluding carboxylic acids is 6. The van der Waals surface area contributed by atoms with Gasteiger partial charge < -0.3 is 105 Å². The smallest absolute Gasteiger partial charge is 1.00 e. The number of esters is 6. The fourth-order valence-corrected chi connectivity index (χ4v) is 8.69. The molecule has 7 aromatic heterocycles. The molecule has 0 aliphatic carbocycles. The van der Waals surface area contributed by atoms with Gasteiger partial charge in [-0.2, -0.15) is 0 Å². The molecule has 7 heterocycles. The normalized spacial score (nSPS) is 10.5. The molecule has 0 spiro atoms. The first-order chi connectivity index (χ1) is 46.4. The van der Waals surface area contributed by atoms with Crippen LogP contribution in [0.15, 0.2) is 40.4 Å². The van der Waals surface area contributed by atoms with E-state index in [0.717, 1.165) is 68.6 Å². The summed E-state index contributed by atoms with van der Waals surface area (Å²) < 4.78 is 59.9. The van der Waals surface area contributed by atoms with Crippen molar-refractivity contribution < 1.29 is 101 Å². The SMILES string of the molecule is C.C=C(C)c1nc(CCC)[nH]c1C(=O)OCC.C=C(C)c1nc(CCC)[nH]c1C(=O)OCc1oc(=O)oc1C.CCCc1nc(C(=O)OCC)c(C(=O)OCC)[nH]1.CCCc1nc(C(=O)OCC)c(C(C)(C)OC)[nH]1.CCCc1nc(C(=O)OCc2oc(=O)oc2C)c(C(C)(C)OC)[nH]1.[Br-].[CH3-].[Mg+2]. The molecule has 7 rings (SSSR count). The standard InChI is InChI=1S/C16H22N2O6.C15H18N2O5.C13H22N2O3.C12H18N2O4.C12H18N2O2.CH4.CH3.BrH.Mg/c1-6-7-11-17-12(13(18-11)16(3,4)21-5)14(19)22-8-10-9(2)23-15(20)24-10;1-5-6-11-16-12(8(2)3)13(17-11)14(18)20-7-10-9(4)21-15(19)22-10;1-6-8-9-14-10(12(16)18-7-2)11(15-9)13(3,4)17-5;1-4-7-8-13-9(11(15)17-5-2)10(14-8)12(16)18-6-3;1-5-7-9-13-10(8(3)4)11(14-9)12(15)16-6-2;;;;/h6-8H2,1-5H3,(H,17,18);2,5-7H2,1,3-4H3,(H,16,17);6-8H2,1-5H3,(H,14,15);4-7H2,1-3H3,(H,13,14);3,5-7H2,1-2,4H3,(H,13,14);1H4;1H3;1H;/q;;;;;;-1;;+2/p-1. The third kappa shape index (κ3) is 28.4. The maximum Gasteiger partial charge on any atom is 2.00 e. The van der Waals surface area contributed by atoms with Gasteiger partial charge in [-0.05, 0) is 126 Å². The average Bonchev–Trinajstić information content (AvgIpc) is 1.66. The van der Waals surface area contributed by atoms with E-state index < -0.39 is 52.7 Å². The zero-order chi connectivity index (χ0) is 73.6. The Labute approximate surface area is 623 Å². The topological polar surface area (TPSA) is 406 Å². The van der Waals surface area contributed by atoms with Crippen molar-refractivity contribution in [2.45, 2.75) is 214 Å². The van der Waals surface area contributed by atoms with Crippen LogP contribution in [0.5, 0.6) is 0 Å². The number of aromatic nitrogens is 10. The predicted molar refractivity (Wildman–Crippen MR) is 377 cm³/mol. The number of nitrogens with one attached hydrogen (secondary N) is 5. The Morgan fingerprint density at radius 3 is 0.931 bits per heavy atom. The van der Waals surface area contributed by atoms with Crippen molar-refractivity contribution in [1.29, 1.82) is 0 Å². The number of H-pyrrole nitrogens is 5. The maximum atomic E-state index is 12.4. The van der Waals surface area contributed by atoms with Crippen molar-refractivity contribution in [1.82, 2.24) is 49.8 Å². The van der Waals surface area contributed by atoms with Crippen LogP contribution in [0.25, 0.3) is 11.1 Å². The minimum atomic E-state index is -0.829. The number of aromatic amines is 5. The molecule has 0 bridgehead atoms. The van der Waals surface area contributed by atoms with Crippen molar-refractivity contribution in [2.24, 2.45) is 0 Å². The molecule has 102 heavy (non-hydrogen) atoms. The Hall–Kier alpha value is -8.46. The van der Waals surface area contributed by atoms with Crippen LogP contribution >= 0.6 is 0 Å². The molecule has 0 aromatic carbocycles. The number of hydrogen-bond donors (Lipinski definition) is 5. The van der Waals surface area contributed by atoms with E-state index in [1.54, 1.807) is 62.7 Å². The molecule has 7 aromatic rings. The predicted octanol–water partition coefficient (Wildman–Crippen LogP) is 9.48. The zero-order valence-electron chi connectivity index (χ0n) is 62.2. The van der Waals surface area contributed by atoms with Crippen LogP contribution in [0.3, 0.4) is 0 Å². The van der Waals surface area contributed by atoms with Crippen LogP contribution in [0.2, 0.25) is 0 Å². The van der Waals surface area contributed by atoms with Crippen LogP contribution in [0.1, 0.15) is 281 Å². The summed E-state index contributed by atoms with van der Waals surface area (Å²) in [7, 11) is 3.16. The number of carbonyl (C=O) groups is 6. The molecule has 30 nitrogen and oxygen atoms in total. The number of aryl methyl sites for hydroxylation is 7. The van der Waals surface area contributed by atoms with Gasteiger partial charge in [-0.3, -0.25) is 0 Å². The summed E-state index contributed by atoms with van der Waals surface area (Å²) in [5.74, 6) is -0.333. The summed E-state index contributed by atoms with van der Waals surface area (Å²) in [4.78, 5) is 130. The average molecular weight is 1510 g/mol. The fraction of sp³-hybridized carbons (Fsp3) is 0.543. The van der Waals surface area contributed by atoms with Crippen molar-refractivity contribution in [2.75, 3.05) is 40.6 Å². The summed E-state index contributed by atoms with van der Waals surface area (Å²) in [5.41, 5.74) is 3.64. The van der Waals surface area contributed by atoms with Gasteiger partial charge in [-0.25, -0.2) is 63.3 Å². The quantitative estimate of drug-likeness (QED) is 0.0121. The summed E-state index contributed by atoms with van der Waals surface area (Å²) in [6.07, 6.45) is 8.29. The molecule has 0 fully saturated rings. The first-order valence-electron chi connectivity index (χ1n) is 32.5. The second kappa shape index (κ2) is 46.9. The molecule has 0 saturated heterocycles. The number of hydrogen-bond acceptors (Lipinski definition) is 25. The van der Waals surface area contributed by atoms with E-state index in [9.17, 15) is 38.4 Å². The molecule has 0 atom stereocenters. The van der Waals surface area contributed by atoms with Crippen LogP contribution < -0.4 is 28.6 Å². The Kier molecular flexibility index (Phi) is 44.0. The van der Waals surface area contributed by atoms with Gasteiger partial charge in [0.2, 0.25) is 0 Å². The molecule has 564 valence electrons. The Balaban J connectivity index is 0. The van der Waals surface area contributed by atoms with Crippen LogP contribution in [-0.2, 0) is 94.4 Å². The minimum absolute atomic E-state index is 0. The van der Waals surface area contributed by atoms with E-state index >= 15 is 0 Å². The number of nitrogens with zero attached hydrogens (tertiary/aromatic N) is 5. The van der Waals surface area contributed by atoms with Gasteiger partial charge in [-0.1, -0.05) is 55.2 Å². The molecule has 0 aliphatic heterocycles. The molecule has 0 amide bonds. The van der Waals surface area contributed by atoms with E-state index in [4.69, 9.17) is 55.6 Å². The van der Waals surface area contributed by atoms with Crippen molar-refractivity contribution >= 4 is 70.0 Å². The Morgan fingerprint density at radius 1 is 0.412 bits per heavy atom. The van der Waals surface area contributed by atoms with Gasteiger partial charge in [0, 0.05) is 46.3 Å². The van der Waals surface area contributed by atoms with E-state index in [1.165, 1.54) is 0 Å². The Bertz CT molecular complexity index is 3850. The van der Waals surface area contributed by atoms with Gasteiger partial charge in [0.05, 0.1) is 49.2 Å². The van der Waals surface area contributed by atoms with E-state index in [2.05, 4.69) is 76.8 Å². The van der Waals surface area contributed by atoms with Gasteiger partial charge in [-0.15, -0.1) is 0 Å². The van der Waals surface area contributed by atoms with Crippen LogP contribution in [0, 0.1) is 21.3 Å². The van der Waals surface area contributed by atoms with E-state index in [1.807, 2.05) is 55.4 Å². The fourth-order valence-electron chi connectivity index (χ4n) is 8.69. The molecule has 0 aliphatic rings. The molecular formula is C70H105BrMgN10O20. The number of halogens is 1. The van der Waals surface area contributed by atoms with Crippen molar-refractivity contribution in [3.05, 3.63) is 151 Å². The second-order valence-electron chi connectivity index (χ2n) is 22.7. The van der Waals surface area contributed by atoms with Crippen molar-refractivity contribution in [3.8, 4) is 0 Å². The first kappa shape index (κ1) is 95.6. The van der Waals surface area contributed by atoms with Gasteiger partial charge >= 0.3 is 70.5 Å². The summed E-state index contributed by atoms with van der Waals surface area (Å²) >= 11 is 0. The maximum absolute atomic E-state index is 12.4. The molecular weight excluding hydrogens is 1410 g/mol. The zero-order valence-corrected chi connectivity index (χ0v) is 65.2. The van der Waals surface area contributed by atoms with Gasteiger partial charge in [0.15, 0.2) is 70.4 Å². The number of allylic oxidation sites excluding steroid dienone is 2. The second-order valence-corrected chi connectivity index (χ2v) is 22.7. The number of methoxy groups -OCH3 is 2. The van der Waals surface area contributed by atoms with Gasteiger partial charge in [0.25, 0.3) is 0 Å². The monoisotopic (exact) mass is 1510 g/mol. The number of rotatable bonds is 30. The molecule has 0 unspecified atom stereocenters. The minimum Gasteiger partial charge on any atom is -1.00 e.